The molecule has 2 heterocycles. The fourth-order valence-corrected chi connectivity index (χ4v) is 5.65. The van der Waals surface area contributed by atoms with Gasteiger partial charge in [0, 0.05) is 27.2 Å². The maximum atomic E-state index is 10.1. The molecule has 0 aliphatic carbocycles. The molecule has 2 aromatic heterocycles. The summed E-state index contributed by atoms with van der Waals surface area (Å²) in [5.74, 6) is 0. The minimum absolute atomic E-state index is 0.435. The van der Waals surface area contributed by atoms with Crippen LogP contribution in [-0.4, -0.2) is 9.13 Å². The van der Waals surface area contributed by atoms with Crippen LogP contribution in [0.4, 0.5) is 0 Å². The van der Waals surface area contributed by atoms with E-state index in [0.29, 0.717) is 22.4 Å². The van der Waals surface area contributed by atoms with E-state index in [9.17, 15) is 15.8 Å². The third kappa shape index (κ3) is 2.83. The number of fused-ring (bicyclic) bond motifs is 7. The third-order valence-electron chi connectivity index (χ3n) is 7.22. The van der Waals surface area contributed by atoms with Gasteiger partial charge in [-0.05, 0) is 48.5 Å². The van der Waals surface area contributed by atoms with Crippen molar-refractivity contribution in [3.05, 3.63) is 120 Å². The number of nitrogens with zero attached hydrogens (tertiary/aromatic N) is 5. The van der Waals surface area contributed by atoms with E-state index in [2.05, 4.69) is 57.7 Å². The normalized spacial score (nSPS) is 11.1. The molecule has 0 bridgehead atoms. The molecule has 5 nitrogen and oxygen atoms in total. The quantitative estimate of drug-likeness (QED) is 0.255. The number of aromatic nitrogens is 2. The summed E-state index contributed by atoms with van der Waals surface area (Å²) in [4.78, 5) is 0. The highest BCUT2D eigenvalue weighted by molar-refractivity contribution is 6.23. The summed E-state index contributed by atoms with van der Waals surface area (Å²) in [7, 11) is 0. The van der Waals surface area contributed by atoms with E-state index < -0.39 is 0 Å². The predicted molar refractivity (Wildman–Crippen MR) is 149 cm³/mol. The topological polar surface area (TPSA) is 81.2 Å². The summed E-state index contributed by atoms with van der Waals surface area (Å²) in [5, 5.41) is 33.8. The maximum absolute atomic E-state index is 10.1. The Morgan fingerprint density at radius 1 is 0.447 bits per heavy atom. The van der Waals surface area contributed by atoms with Gasteiger partial charge in [0.25, 0.3) is 0 Å². The molecule has 7 aromatic rings. The maximum Gasteiger partial charge on any atom is 0.101 e. The molecule has 0 saturated heterocycles. The van der Waals surface area contributed by atoms with Crippen LogP contribution in [-0.2, 0) is 0 Å². The molecule has 174 valence electrons. The summed E-state index contributed by atoms with van der Waals surface area (Å²) in [6.45, 7) is 0. The van der Waals surface area contributed by atoms with E-state index >= 15 is 0 Å². The Labute approximate surface area is 217 Å². The summed E-state index contributed by atoms with van der Waals surface area (Å²) in [6, 6.07) is 40.3. The minimum Gasteiger partial charge on any atom is -0.307 e. The van der Waals surface area contributed by atoms with Gasteiger partial charge in [-0.15, -0.1) is 0 Å². The molecule has 5 aromatic carbocycles. The van der Waals surface area contributed by atoms with Crippen molar-refractivity contribution in [1.29, 1.82) is 15.8 Å². The van der Waals surface area contributed by atoms with Crippen molar-refractivity contribution < 1.29 is 0 Å². The van der Waals surface area contributed by atoms with Crippen LogP contribution >= 0.6 is 0 Å². The molecule has 0 aliphatic rings. The molecule has 0 aliphatic heterocycles. The Hall–Kier alpha value is -5.83. The summed E-state index contributed by atoms with van der Waals surface area (Å²) in [5.41, 5.74) is 6.81. The molecule has 7 rings (SSSR count). The lowest BCUT2D eigenvalue weighted by atomic mass is 10.1. The molecule has 0 saturated carbocycles. The first-order valence-corrected chi connectivity index (χ1v) is 12.1. The fourth-order valence-electron chi connectivity index (χ4n) is 5.65. The number of nitriles is 3. The van der Waals surface area contributed by atoms with E-state index in [1.54, 1.807) is 18.2 Å². The van der Waals surface area contributed by atoms with Gasteiger partial charge in [-0.1, -0.05) is 54.6 Å². The standard InChI is InChI=1S/C33H17N5/c34-18-21-12-14-24(15-13-21)37-29-10-3-1-8-25(29)27-16-17-28-26-9-2-4-11-30(26)38(33(28)32(27)37)31-22(19-35)6-5-7-23(31)20-36/h1-17H. The highest BCUT2D eigenvalue weighted by Gasteiger charge is 2.23. The zero-order chi connectivity index (χ0) is 25.8. The Morgan fingerprint density at radius 2 is 0.974 bits per heavy atom. The monoisotopic (exact) mass is 483 g/mol. The summed E-state index contributed by atoms with van der Waals surface area (Å²) >= 11 is 0. The predicted octanol–water partition coefficient (Wildman–Crippen LogP) is 7.50. The smallest absolute Gasteiger partial charge is 0.101 e. The van der Waals surface area contributed by atoms with Crippen LogP contribution in [0.1, 0.15) is 16.7 Å². The van der Waals surface area contributed by atoms with Crippen LogP contribution in [0.5, 0.6) is 0 Å². The highest BCUT2D eigenvalue weighted by atomic mass is 15.0. The van der Waals surface area contributed by atoms with E-state index in [-0.39, 0.29) is 0 Å². The fraction of sp³-hybridized carbons (Fsp3) is 0. The second-order valence-corrected chi connectivity index (χ2v) is 9.15. The van der Waals surface area contributed by atoms with Gasteiger partial charge in [-0.3, -0.25) is 0 Å². The van der Waals surface area contributed by atoms with Crippen LogP contribution in [0.2, 0.25) is 0 Å². The van der Waals surface area contributed by atoms with Crippen LogP contribution in [0.15, 0.2) is 103 Å². The van der Waals surface area contributed by atoms with Crippen LogP contribution in [0, 0.1) is 34.0 Å². The molecule has 0 radical (unpaired) electrons. The molecule has 5 heteroatoms. The first kappa shape index (κ1) is 21.5. The van der Waals surface area contributed by atoms with E-state index in [4.69, 9.17) is 0 Å². The van der Waals surface area contributed by atoms with Crippen LogP contribution in [0.3, 0.4) is 0 Å². The van der Waals surface area contributed by atoms with Crippen molar-refractivity contribution in [3.8, 4) is 29.6 Å². The van der Waals surface area contributed by atoms with Crippen molar-refractivity contribution >= 4 is 43.6 Å². The zero-order valence-corrected chi connectivity index (χ0v) is 20.1. The van der Waals surface area contributed by atoms with Crippen LogP contribution < -0.4 is 0 Å². The van der Waals surface area contributed by atoms with Gasteiger partial charge in [0.05, 0.1) is 50.5 Å². The Balaban J connectivity index is 1.79. The third-order valence-corrected chi connectivity index (χ3v) is 7.22. The van der Waals surface area contributed by atoms with Gasteiger partial charge in [0.15, 0.2) is 0 Å². The number of hydrogen-bond donors (Lipinski definition) is 0. The lowest BCUT2D eigenvalue weighted by Crippen LogP contribution is -2.03. The van der Waals surface area contributed by atoms with Gasteiger partial charge >= 0.3 is 0 Å². The molecule has 0 fully saturated rings. The Kier molecular flexibility index (Phi) is 4.57. The number of para-hydroxylation sites is 3. The van der Waals surface area contributed by atoms with Gasteiger partial charge < -0.3 is 9.13 Å². The average Bonchev–Trinajstić information content (AvgIpc) is 3.49. The number of benzene rings is 5. The van der Waals surface area contributed by atoms with Crippen molar-refractivity contribution in [2.45, 2.75) is 0 Å². The van der Waals surface area contributed by atoms with Crippen molar-refractivity contribution in [2.24, 2.45) is 0 Å². The lowest BCUT2D eigenvalue weighted by molar-refractivity contribution is 1.13. The molecule has 0 spiro atoms. The van der Waals surface area contributed by atoms with Gasteiger partial charge in [-0.2, -0.15) is 15.8 Å². The van der Waals surface area contributed by atoms with Crippen molar-refractivity contribution in [3.63, 3.8) is 0 Å². The average molecular weight is 484 g/mol. The molecular formula is C33H17N5. The number of rotatable bonds is 2. The molecule has 0 N–H and O–H groups in total. The van der Waals surface area contributed by atoms with E-state index in [1.807, 2.05) is 54.6 Å². The Bertz CT molecular complexity index is 2180. The zero-order valence-electron chi connectivity index (χ0n) is 20.1. The van der Waals surface area contributed by atoms with Gasteiger partial charge in [0.2, 0.25) is 0 Å². The van der Waals surface area contributed by atoms with E-state index in [0.717, 1.165) is 49.3 Å². The second-order valence-electron chi connectivity index (χ2n) is 9.15. The van der Waals surface area contributed by atoms with Gasteiger partial charge in [0.1, 0.15) is 12.1 Å². The van der Waals surface area contributed by atoms with Crippen molar-refractivity contribution in [1.82, 2.24) is 9.13 Å². The lowest BCUT2D eigenvalue weighted by Gasteiger charge is -2.14. The van der Waals surface area contributed by atoms with Gasteiger partial charge in [-0.25, -0.2) is 0 Å². The first-order chi connectivity index (χ1) is 18.7. The molecule has 0 amide bonds. The largest absolute Gasteiger partial charge is 0.307 e. The Morgan fingerprint density at radius 3 is 1.53 bits per heavy atom. The summed E-state index contributed by atoms with van der Waals surface area (Å²) < 4.78 is 4.29. The summed E-state index contributed by atoms with van der Waals surface area (Å²) in [6.07, 6.45) is 0. The highest BCUT2D eigenvalue weighted by Crippen LogP contribution is 2.42. The number of hydrogen-bond acceptors (Lipinski definition) is 3. The molecule has 38 heavy (non-hydrogen) atoms. The second kappa shape index (κ2) is 8.10. The van der Waals surface area contributed by atoms with E-state index in [1.165, 1.54) is 0 Å². The van der Waals surface area contributed by atoms with Crippen LogP contribution in [0.25, 0.3) is 55.0 Å². The molecule has 0 unspecified atom stereocenters. The van der Waals surface area contributed by atoms with Crippen molar-refractivity contribution in [2.75, 3.05) is 0 Å². The molecular weight excluding hydrogens is 466 g/mol. The SMILES string of the molecule is N#Cc1ccc(-n2c3ccccc3c3ccc4c5ccccc5n(-c5c(C#N)cccc5C#N)c4c32)cc1. The minimum atomic E-state index is 0.435. The first-order valence-electron chi connectivity index (χ1n) is 12.1. The molecule has 0 atom stereocenters.